The standard InChI is InChI=1S/C12H13ClN2S/c1-8-4-3-5-9(6-8)12-15-10(7-14-2)11(13)16-12/h3-6,14H,7H2,1-2H3. The molecule has 0 aliphatic carbocycles. The number of rotatable bonds is 3. The minimum absolute atomic E-state index is 0.709. The summed E-state index contributed by atoms with van der Waals surface area (Å²) < 4.78 is 0.769. The number of aryl methyl sites for hydroxylation is 1. The third-order valence-electron chi connectivity index (χ3n) is 2.26. The normalized spacial score (nSPS) is 10.7. The van der Waals surface area contributed by atoms with Crippen molar-refractivity contribution in [3.8, 4) is 10.6 Å². The lowest BCUT2D eigenvalue weighted by atomic mass is 10.1. The fourth-order valence-corrected chi connectivity index (χ4v) is 2.65. The molecule has 0 atom stereocenters. The molecule has 1 aromatic carbocycles. The van der Waals surface area contributed by atoms with Gasteiger partial charge in [-0.05, 0) is 20.0 Å². The Balaban J connectivity index is 2.37. The van der Waals surface area contributed by atoms with E-state index in [0.29, 0.717) is 6.54 Å². The smallest absolute Gasteiger partial charge is 0.125 e. The van der Waals surface area contributed by atoms with Crippen molar-refractivity contribution in [2.75, 3.05) is 7.05 Å². The number of aromatic nitrogens is 1. The van der Waals surface area contributed by atoms with Crippen LogP contribution < -0.4 is 5.32 Å². The second kappa shape index (κ2) is 4.95. The van der Waals surface area contributed by atoms with Crippen LogP contribution in [-0.2, 0) is 6.54 Å². The SMILES string of the molecule is CNCc1nc(-c2cccc(C)c2)sc1Cl. The van der Waals surface area contributed by atoms with E-state index in [4.69, 9.17) is 11.6 Å². The van der Waals surface area contributed by atoms with Gasteiger partial charge >= 0.3 is 0 Å². The molecule has 0 bridgehead atoms. The van der Waals surface area contributed by atoms with Gasteiger partial charge in [0, 0.05) is 12.1 Å². The van der Waals surface area contributed by atoms with E-state index < -0.39 is 0 Å². The van der Waals surface area contributed by atoms with Crippen LogP contribution in [0.2, 0.25) is 4.34 Å². The van der Waals surface area contributed by atoms with Gasteiger partial charge in [0.25, 0.3) is 0 Å². The monoisotopic (exact) mass is 252 g/mol. The first-order valence-electron chi connectivity index (χ1n) is 5.07. The zero-order valence-electron chi connectivity index (χ0n) is 9.25. The summed E-state index contributed by atoms with van der Waals surface area (Å²) in [6.45, 7) is 2.79. The first kappa shape index (κ1) is 11.6. The van der Waals surface area contributed by atoms with Crippen molar-refractivity contribution in [3.05, 3.63) is 39.9 Å². The van der Waals surface area contributed by atoms with Gasteiger partial charge in [-0.2, -0.15) is 0 Å². The molecule has 84 valence electrons. The van der Waals surface area contributed by atoms with Crippen LogP contribution in [0.4, 0.5) is 0 Å². The minimum Gasteiger partial charge on any atom is -0.314 e. The molecular formula is C12H13ClN2S. The quantitative estimate of drug-likeness (QED) is 0.905. The summed E-state index contributed by atoms with van der Waals surface area (Å²) in [5.41, 5.74) is 3.29. The number of nitrogens with one attached hydrogen (secondary N) is 1. The van der Waals surface area contributed by atoms with E-state index in [2.05, 4.69) is 35.4 Å². The minimum atomic E-state index is 0.709. The highest BCUT2D eigenvalue weighted by molar-refractivity contribution is 7.19. The Morgan fingerprint density at radius 3 is 2.94 bits per heavy atom. The van der Waals surface area contributed by atoms with Crippen LogP contribution in [-0.4, -0.2) is 12.0 Å². The lowest BCUT2D eigenvalue weighted by molar-refractivity contribution is 0.798. The fourth-order valence-electron chi connectivity index (χ4n) is 1.51. The molecule has 2 nitrogen and oxygen atoms in total. The molecule has 0 radical (unpaired) electrons. The van der Waals surface area contributed by atoms with E-state index in [1.807, 2.05) is 13.1 Å². The predicted octanol–water partition coefficient (Wildman–Crippen LogP) is 3.49. The Hall–Kier alpha value is -0.900. The van der Waals surface area contributed by atoms with E-state index in [1.165, 1.54) is 16.9 Å². The van der Waals surface area contributed by atoms with Crippen LogP contribution in [0.25, 0.3) is 10.6 Å². The summed E-state index contributed by atoms with van der Waals surface area (Å²) >= 11 is 7.66. The van der Waals surface area contributed by atoms with Gasteiger partial charge in [0.05, 0.1) is 5.69 Å². The number of hydrogen-bond donors (Lipinski definition) is 1. The van der Waals surface area contributed by atoms with E-state index in [-0.39, 0.29) is 0 Å². The zero-order valence-corrected chi connectivity index (χ0v) is 10.8. The maximum atomic E-state index is 6.13. The van der Waals surface area contributed by atoms with Crippen molar-refractivity contribution in [3.63, 3.8) is 0 Å². The summed E-state index contributed by atoms with van der Waals surface area (Å²) in [5, 5.41) is 4.05. The molecule has 0 fully saturated rings. The number of nitrogens with zero attached hydrogens (tertiary/aromatic N) is 1. The van der Waals surface area contributed by atoms with E-state index in [9.17, 15) is 0 Å². The highest BCUT2D eigenvalue weighted by Crippen LogP contribution is 2.31. The number of halogens is 1. The highest BCUT2D eigenvalue weighted by Gasteiger charge is 2.09. The van der Waals surface area contributed by atoms with Gasteiger partial charge in [-0.15, -0.1) is 11.3 Å². The van der Waals surface area contributed by atoms with Gasteiger partial charge < -0.3 is 5.32 Å². The Morgan fingerprint density at radius 2 is 2.25 bits per heavy atom. The maximum Gasteiger partial charge on any atom is 0.125 e. The molecule has 1 aromatic heterocycles. The molecule has 0 saturated carbocycles. The number of benzene rings is 1. The van der Waals surface area contributed by atoms with Crippen LogP contribution >= 0.6 is 22.9 Å². The van der Waals surface area contributed by atoms with Crippen molar-refractivity contribution in [2.24, 2.45) is 0 Å². The molecular weight excluding hydrogens is 240 g/mol. The van der Waals surface area contributed by atoms with Crippen LogP contribution in [0.15, 0.2) is 24.3 Å². The summed E-state index contributed by atoms with van der Waals surface area (Å²) in [6.07, 6.45) is 0. The predicted molar refractivity (Wildman–Crippen MR) is 70.1 cm³/mol. The van der Waals surface area contributed by atoms with Gasteiger partial charge in [-0.1, -0.05) is 35.4 Å². The van der Waals surface area contributed by atoms with Crippen molar-refractivity contribution in [2.45, 2.75) is 13.5 Å². The Kier molecular flexibility index (Phi) is 3.59. The summed E-state index contributed by atoms with van der Waals surface area (Å²) in [7, 11) is 1.89. The van der Waals surface area contributed by atoms with Crippen molar-refractivity contribution in [1.29, 1.82) is 0 Å². The lowest BCUT2D eigenvalue weighted by Gasteiger charge is -1.97. The molecule has 0 amide bonds. The molecule has 16 heavy (non-hydrogen) atoms. The molecule has 2 aromatic rings. The van der Waals surface area contributed by atoms with Crippen molar-refractivity contribution >= 4 is 22.9 Å². The van der Waals surface area contributed by atoms with Gasteiger partial charge in [0.2, 0.25) is 0 Å². The van der Waals surface area contributed by atoms with Crippen LogP contribution in [0.1, 0.15) is 11.3 Å². The summed E-state index contributed by atoms with van der Waals surface area (Å²) in [4.78, 5) is 4.53. The molecule has 1 N–H and O–H groups in total. The third kappa shape index (κ3) is 2.43. The largest absolute Gasteiger partial charge is 0.314 e. The van der Waals surface area contributed by atoms with E-state index in [1.54, 1.807) is 0 Å². The Labute approximate surface area is 104 Å². The van der Waals surface area contributed by atoms with E-state index >= 15 is 0 Å². The fraction of sp³-hybridized carbons (Fsp3) is 0.250. The molecule has 0 unspecified atom stereocenters. The van der Waals surface area contributed by atoms with Crippen LogP contribution in [0.5, 0.6) is 0 Å². The van der Waals surface area contributed by atoms with Crippen LogP contribution in [0, 0.1) is 6.92 Å². The van der Waals surface area contributed by atoms with Crippen molar-refractivity contribution < 1.29 is 0 Å². The molecule has 1 heterocycles. The molecule has 0 saturated heterocycles. The third-order valence-corrected chi connectivity index (χ3v) is 3.64. The summed E-state index contributed by atoms with van der Waals surface area (Å²) in [5.74, 6) is 0. The Morgan fingerprint density at radius 1 is 1.44 bits per heavy atom. The molecule has 0 aliphatic heterocycles. The molecule has 2 rings (SSSR count). The first-order valence-corrected chi connectivity index (χ1v) is 6.27. The molecule has 4 heteroatoms. The van der Waals surface area contributed by atoms with Gasteiger partial charge in [-0.3, -0.25) is 0 Å². The highest BCUT2D eigenvalue weighted by atomic mass is 35.5. The average molecular weight is 253 g/mol. The second-order valence-electron chi connectivity index (χ2n) is 3.64. The van der Waals surface area contributed by atoms with Gasteiger partial charge in [-0.25, -0.2) is 4.98 Å². The molecule has 0 spiro atoms. The lowest BCUT2D eigenvalue weighted by Crippen LogP contribution is -2.05. The van der Waals surface area contributed by atoms with Crippen molar-refractivity contribution in [1.82, 2.24) is 10.3 Å². The zero-order chi connectivity index (χ0) is 11.5. The van der Waals surface area contributed by atoms with Gasteiger partial charge in [0.1, 0.15) is 9.34 Å². The number of thiazole rings is 1. The van der Waals surface area contributed by atoms with Crippen LogP contribution in [0.3, 0.4) is 0 Å². The second-order valence-corrected chi connectivity index (χ2v) is 5.24. The number of hydrogen-bond acceptors (Lipinski definition) is 3. The summed E-state index contributed by atoms with van der Waals surface area (Å²) in [6, 6.07) is 8.30. The maximum absolute atomic E-state index is 6.13. The topological polar surface area (TPSA) is 24.9 Å². The molecule has 0 aliphatic rings. The Bertz CT molecular complexity index is 494. The average Bonchev–Trinajstić information content (AvgIpc) is 2.61. The van der Waals surface area contributed by atoms with Gasteiger partial charge in [0.15, 0.2) is 0 Å². The van der Waals surface area contributed by atoms with E-state index in [0.717, 1.165) is 20.6 Å². The first-order chi connectivity index (χ1) is 7.70.